The maximum absolute atomic E-state index is 11.4. The van der Waals surface area contributed by atoms with Crippen LogP contribution >= 0.6 is 23.1 Å². The zero-order valence-corrected chi connectivity index (χ0v) is 11.0. The van der Waals surface area contributed by atoms with Gasteiger partial charge in [-0.1, -0.05) is 0 Å². The van der Waals surface area contributed by atoms with Gasteiger partial charge in [-0.2, -0.15) is 11.8 Å². The van der Waals surface area contributed by atoms with Crippen LogP contribution in [-0.4, -0.2) is 35.3 Å². The zero-order valence-electron chi connectivity index (χ0n) is 9.32. The maximum Gasteiger partial charge on any atom is 0.319 e. The van der Waals surface area contributed by atoms with Gasteiger partial charge in [0.1, 0.15) is 0 Å². The van der Waals surface area contributed by atoms with E-state index in [4.69, 9.17) is 0 Å². The highest BCUT2D eigenvalue weighted by Gasteiger charge is 2.20. The molecule has 1 aromatic heterocycles. The number of hydrogen-bond donors (Lipinski definition) is 3. The Kier molecular flexibility index (Phi) is 5.11. The summed E-state index contributed by atoms with van der Waals surface area (Å²) in [6, 6.07) is 3.40. The number of thioether (sulfide) groups is 1. The number of hydrogen-bond acceptors (Lipinski definition) is 4. The molecule has 0 aliphatic heterocycles. The van der Waals surface area contributed by atoms with Crippen LogP contribution < -0.4 is 10.6 Å². The quantitative estimate of drug-likeness (QED) is 0.758. The van der Waals surface area contributed by atoms with E-state index in [-0.39, 0.29) is 12.6 Å². The van der Waals surface area contributed by atoms with E-state index in [1.165, 1.54) is 11.3 Å². The highest BCUT2D eigenvalue weighted by Crippen LogP contribution is 2.14. The third-order valence-electron chi connectivity index (χ3n) is 1.84. The fraction of sp³-hybridized carbons (Fsp3) is 0.500. The topological polar surface area (TPSA) is 61.4 Å². The van der Waals surface area contributed by atoms with Crippen molar-refractivity contribution in [2.45, 2.75) is 12.5 Å². The lowest BCUT2D eigenvalue weighted by molar-refractivity contribution is 0.0876. The number of anilines is 1. The number of thiophene rings is 1. The van der Waals surface area contributed by atoms with Gasteiger partial charge in [0.2, 0.25) is 0 Å². The molecule has 3 N–H and O–H groups in total. The average molecular weight is 260 g/mol. The average Bonchev–Trinajstić information content (AvgIpc) is 2.68. The molecule has 0 fully saturated rings. The molecule has 1 heterocycles. The lowest BCUT2D eigenvalue weighted by Gasteiger charge is -2.22. The first-order valence-electron chi connectivity index (χ1n) is 4.83. The third-order valence-corrected chi connectivity index (χ3v) is 3.54. The largest absolute Gasteiger partial charge is 0.387 e. The van der Waals surface area contributed by atoms with E-state index in [9.17, 15) is 9.90 Å². The first-order chi connectivity index (χ1) is 7.53. The molecular weight excluding hydrogens is 244 g/mol. The van der Waals surface area contributed by atoms with Gasteiger partial charge >= 0.3 is 6.03 Å². The van der Waals surface area contributed by atoms with Gasteiger partial charge in [0, 0.05) is 12.3 Å². The monoisotopic (exact) mass is 260 g/mol. The van der Waals surface area contributed by atoms with Gasteiger partial charge < -0.3 is 10.4 Å². The molecule has 0 bridgehead atoms. The molecule has 1 atom stereocenters. The van der Waals surface area contributed by atoms with Gasteiger partial charge in [-0.15, -0.1) is 11.3 Å². The summed E-state index contributed by atoms with van der Waals surface area (Å²) in [6.45, 7) is 1.94. The Morgan fingerprint density at radius 1 is 1.69 bits per heavy atom. The van der Waals surface area contributed by atoms with Crippen molar-refractivity contribution in [2.75, 3.05) is 23.9 Å². The zero-order chi connectivity index (χ0) is 12.0. The second kappa shape index (κ2) is 6.12. The van der Waals surface area contributed by atoms with E-state index < -0.39 is 5.60 Å². The minimum atomic E-state index is -0.869. The Hall–Kier alpha value is -0.720. The first-order valence-corrected chi connectivity index (χ1v) is 7.10. The van der Waals surface area contributed by atoms with Crippen LogP contribution in [0.25, 0.3) is 0 Å². The van der Waals surface area contributed by atoms with E-state index in [1.807, 2.05) is 23.8 Å². The second-order valence-electron chi connectivity index (χ2n) is 3.71. The molecule has 4 nitrogen and oxygen atoms in total. The van der Waals surface area contributed by atoms with E-state index in [0.29, 0.717) is 5.75 Å². The van der Waals surface area contributed by atoms with E-state index in [1.54, 1.807) is 18.7 Å². The van der Waals surface area contributed by atoms with Gasteiger partial charge in [-0.05, 0) is 30.7 Å². The predicted octanol–water partition coefficient (Wildman–Crippen LogP) is 1.98. The van der Waals surface area contributed by atoms with Gasteiger partial charge in [0.25, 0.3) is 0 Å². The van der Waals surface area contributed by atoms with Crippen LogP contribution in [0.4, 0.5) is 9.80 Å². The molecule has 1 aromatic rings. The van der Waals surface area contributed by atoms with Crippen LogP contribution in [-0.2, 0) is 0 Å². The molecule has 0 aromatic carbocycles. The lowest BCUT2D eigenvalue weighted by atomic mass is 10.1. The highest BCUT2D eigenvalue weighted by molar-refractivity contribution is 7.98. The molecule has 1 unspecified atom stereocenters. The van der Waals surface area contributed by atoms with Crippen molar-refractivity contribution < 1.29 is 9.90 Å². The normalized spacial score (nSPS) is 14.2. The predicted molar refractivity (Wildman–Crippen MR) is 70.3 cm³/mol. The summed E-state index contributed by atoms with van der Waals surface area (Å²) in [5.41, 5.74) is -0.869. The molecule has 0 radical (unpaired) electrons. The first kappa shape index (κ1) is 13.3. The number of aliphatic hydroxyl groups is 1. The fourth-order valence-electron chi connectivity index (χ4n) is 1.14. The van der Waals surface area contributed by atoms with E-state index in [2.05, 4.69) is 10.6 Å². The smallest absolute Gasteiger partial charge is 0.319 e. The summed E-state index contributed by atoms with van der Waals surface area (Å²) in [7, 11) is 0. The summed E-state index contributed by atoms with van der Waals surface area (Å²) in [5, 5.41) is 17.8. The van der Waals surface area contributed by atoms with Crippen LogP contribution in [0.2, 0.25) is 0 Å². The molecule has 1 rings (SSSR count). The third kappa shape index (κ3) is 4.87. The molecule has 90 valence electrons. The van der Waals surface area contributed by atoms with Crippen LogP contribution in [0.5, 0.6) is 0 Å². The summed E-state index contributed by atoms with van der Waals surface area (Å²) < 4.78 is 0. The van der Waals surface area contributed by atoms with Crippen molar-refractivity contribution in [2.24, 2.45) is 0 Å². The van der Waals surface area contributed by atoms with Crippen molar-refractivity contribution in [1.29, 1.82) is 0 Å². The van der Waals surface area contributed by atoms with Crippen LogP contribution in [0, 0.1) is 0 Å². The van der Waals surface area contributed by atoms with Crippen molar-refractivity contribution >= 4 is 34.1 Å². The fourth-order valence-corrected chi connectivity index (χ4v) is 2.47. The Labute approximate surface area is 103 Å². The summed E-state index contributed by atoms with van der Waals surface area (Å²) in [6.07, 6.45) is 1.92. The molecular formula is C10H16N2O2S2. The Bertz CT molecular complexity index is 326. The Morgan fingerprint density at radius 3 is 3.00 bits per heavy atom. The van der Waals surface area contributed by atoms with Crippen molar-refractivity contribution in [1.82, 2.24) is 5.32 Å². The Balaban J connectivity index is 2.30. The number of rotatable bonds is 5. The van der Waals surface area contributed by atoms with E-state index in [0.717, 1.165) is 5.00 Å². The number of urea groups is 1. The van der Waals surface area contributed by atoms with Crippen LogP contribution in [0.3, 0.4) is 0 Å². The summed E-state index contributed by atoms with van der Waals surface area (Å²) in [5.74, 6) is 0.590. The lowest BCUT2D eigenvalue weighted by Crippen LogP contribution is -2.43. The number of amides is 2. The minimum absolute atomic E-state index is 0.241. The van der Waals surface area contributed by atoms with E-state index >= 15 is 0 Å². The standard InChI is InChI=1S/C10H16N2O2S2/c1-10(14,7-15-2)6-11-9(13)12-8-4-3-5-16-8/h3-5,14H,6-7H2,1-2H3,(H2,11,12,13). The number of nitrogens with one attached hydrogen (secondary N) is 2. The van der Waals surface area contributed by atoms with Crippen LogP contribution in [0.15, 0.2) is 17.5 Å². The molecule has 0 aliphatic rings. The number of carbonyl (C=O) groups excluding carboxylic acids is 1. The number of carbonyl (C=O) groups is 1. The van der Waals surface area contributed by atoms with Gasteiger partial charge in [-0.25, -0.2) is 4.79 Å². The van der Waals surface area contributed by atoms with Gasteiger partial charge in [0.05, 0.1) is 10.6 Å². The second-order valence-corrected chi connectivity index (χ2v) is 5.53. The van der Waals surface area contributed by atoms with Crippen molar-refractivity contribution in [3.63, 3.8) is 0 Å². The minimum Gasteiger partial charge on any atom is -0.387 e. The molecule has 2 amide bonds. The molecule has 6 heteroatoms. The van der Waals surface area contributed by atoms with Crippen molar-refractivity contribution in [3.05, 3.63) is 17.5 Å². The molecule has 0 aliphatic carbocycles. The van der Waals surface area contributed by atoms with Gasteiger partial charge in [-0.3, -0.25) is 5.32 Å². The molecule has 0 saturated heterocycles. The van der Waals surface area contributed by atoms with Crippen molar-refractivity contribution in [3.8, 4) is 0 Å². The molecule has 0 spiro atoms. The maximum atomic E-state index is 11.4. The van der Waals surface area contributed by atoms with Gasteiger partial charge in [0.15, 0.2) is 0 Å². The molecule has 0 saturated carbocycles. The summed E-state index contributed by atoms with van der Waals surface area (Å²) in [4.78, 5) is 11.4. The highest BCUT2D eigenvalue weighted by atomic mass is 32.2. The SMILES string of the molecule is CSCC(C)(O)CNC(=O)Nc1cccs1. The summed E-state index contributed by atoms with van der Waals surface area (Å²) >= 11 is 3.00. The van der Waals surface area contributed by atoms with Crippen LogP contribution in [0.1, 0.15) is 6.92 Å². The Morgan fingerprint density at radius 2 is 2.44 bits per heavy atom. The molecule has 16 heavy (non-hydrogen) atoms.